The van der Waals surface area contributed by atoms with Crippen molar-refractivity contribution in [1.29, 1.82) is 0 Å². The number of halogens is 1. The molecule has 76 valence electrons. The molecule has 1 saturated heterocycles. The molecular formula is C10H13IN2O. The number of hydrogen-bond donors (Lipinski definition) is 1. The quantitative estimate of drug-likeness (QED) is 0.809. The standard InChI is InChI=1S/C10H13IN2O/c11-8-6-13-10(5-9(8)12)7-1-3-14-4-2-7/h5-7H,1-4H2,(H2,12,13). The van der Waals surface area contributed by atoms with Gasteiger partial charge in [0.25, 0.3) is 0 Å². The van der Waals surface area contributed by atoms with Crippen molar-refractivity contribution in [3.63, 3.8) is 0 Å². The molecule has 0 bridgehead atoms. The minimum Gasteiger partial charge on any atom is -0.398 e. The summed E-state index contributed by atoms with van der Waals surface area (Å²) in [6.07, 6.45) is 3.97. The first-order chi connectivity index (χ1) is 6.77. The average Bonchev–Trinajstić information content (AvgIpc) is 2.23. The van der Waals surface area contributed by atoms with E-state index in [0.29, 0.717) is 5.92 Å². The van der Waals surface area contributed by atoms with E-state index in [2.05, 4.69) is 27.6 Å². The number of hydrogen-bond acceptors (Lipinski definition) is 3. The molecule has 2 N–H and O–H groups in total. The summed E-state index contributed by atoms with van der Waals surface area (Å²) in [6.45, 7) is 1.69. The Morgan fingerprint density at radius 1 is 1.43 bits per heavy atom. The number of pyridine rings is 1. The zero-order chi connectivity index (χ0) is 9.97. The molecular weight excluding hydrogens is 291 g/mol. The zero-order valence-corrected chi connectivity index (χ0v) is 10.0. The second kappa shape index (κ2) is 4.44. The van der Waals surface area contributed by atoms with Crippen LogP contribution >= 0.6 is 22.6 Å². The van der Waals surface area contributed by atoms with Crippen LogP contribution in [-0.4, -0.2) is 18.2 Å². The Kier molecular flexibility index (Phi) is 3.22. The van der Waals surface area contributed by atoms with E-state index >= 15 is 0 Å². The number of anilines is 1. The number of nitrogens with zero attached hydrogens (tertiary/aromatic N) is 1. The third-order valence-electron chi connectivity index (χ3n) is 2.55. The van der Waals surface area contributed by atoms with Gasteiger partial charge in [-0.3, -0.25) is 4.98 Å². The second-order valence-electron chi connectivity index (χ2n) is 3.52. The topological polar surface area (TPSA) is 48.1 Å². The maximum absolute atomic E-state index is 5.85. The molecule has 1 fully saturated rings. The van der Waals surface area contributed by atoms with Gasteiger partial charge in [0.05, 0.1) is 3.57 Å². The molecule has 0 spiro atoms. The molecule has 0 aromatic carbocycles. The average molecular weight is 304 g/mol. The fourth-order valence-electron chi connectivity index (χ4n) is 1.69. The van der Waals surface area contributed by atoms with Gasteiger partial charge in [0.1, 0.15) is 0 Å². The Morgan fingerprint density at radius 3 is 2.79 bits per heavy atom. The lowest BCUT2D eigenvalue weighted by Gasteiger charge is -2.21. The fraction of sp³-hybridized carbons (Fsp3) is 0.500. The summed E-state index contributed by atoms with van der Waals surface area (Å²) in [5, 5.41) is 0. The fourth-order valence-corrected chi connectivity index (χ4v) is 1.98. The summed E-state index contributed by atoms with van der Waals surface area (Å²) in [5.41, 5.74) is 7.80. The maximum atomic E-state index is 5.85. The highest BCUT2D eigenvalue weighted by molar-refractivity contribution is 14.1. The highest BCUT2D eigenvalue weighted by atomic mass is 127. The van der Waals surface area contributed by atoms with Gasteiger partial charge in [-0.25, -0.2) is 0 Å². The predicted molar refractivity (Wildman–Crippen MR) is 64.2 cm³/mol. The molecule has 1 aromatic heterocycles. The van der Waals surface area contributed by atoms with Gasteiger partial charge in [0.2, 0.25) is 0 Å². The SMILES string of the molecule is Nc1cc(C2CCOCC2)ncc1I. The minimum absolute atomic E-state index is 0.531. The molecule has 4 heteroatoms. The van der Waals surface area contributed by atoms with E-state index < -0.39 is 0 Å². The summed E-state index contributed by atoms with van der Waals surface area (Å²) in [7, 11) is 0. The molecule has 1 aliphatic rings. The first kappa shape index (κ1) is 10.2. The van der Waals surface area contributed by atoms with Crippen molar-refractivity contribution < 1.29 is 4.74 Å². The van der Waals surface area contributed by atoms with Crippen molar-refractivity contribution in [2.75, 3.05) is 18.9 Å². The Balaban J connectivity index is 2.18. The highest BCUT2D eigenvalue weighted by Crippen LogP contribution is 2.27. The largest absolute Gasteiger partial charge is 0.398 e. The lowest BCUT2D eigenvalue weighted by atomic mass is 9.96. The van der Waals surface area contributed by atoms with Gasteiger partial charge in [0.15, 0.2) is 0 Å². The van der Waals surface area contributed by atoms with E-state index in [1.54, 1.807) is 0 Å². The van der Waals surface area contributed by atoms with Gasteiger partial charge in [-0.1, -0.05) is 0 Å². The van der Waals surface area contributed by atoms with Gasteiger partial charge < -0.3 is 10.5 Å². The van der Waals surface area contributed by atoms with E-state index in [1.807, 2.05) is 12.3 Å². The van der Waals surface area contributed by atoms with Gasteiger partial charge in [-0.05, 0) is 41.5 Å². The minimum atomic E-state index is 0.531. The van der Waals surface area contributed by atoms with Crippen molar-refractivity contribution >= 4 is 28.3 Å². The summed E-state index contributed by atoms with van der Waals surface area (Å²) >= 11 is 2.20. The molecule has 1 aromatic rings. The van der Waals surface area contributed by atoms with E-state index in [4.69, 9.17) is 10.5 Å². The summed E-state index contributed by atoms with van der Waals surface area (Å²) in [6, 6.07) is 2.00. The molecule has 2 heterocycles. The van der Waals surface area contributed by atoms with Gasteiger partial charge >= 0.3 is 0 Å². The van der Waals surface area contributed by atoms with E-state index in [1.165, 1.54) is 0 Å². The van der Waals surface area contributed by atoms with E-state index in [9.17, 15) is 0 Å². The van der Waals surface area contributed by atoms with Crippen LogP contribution in [0.2, 0.25) is 0 Å². The Labute approximate surface area is 97.2 Å². The summed E-state index contributed by atoms with van der Waals surface area (Å²) < 4.78 is 6.34. The Bertz CT molecular complexity index is 324. The van der Waals surface area contributed by atoms with Gasteiger partial charge in [0, 0.05) is 36.7 Å². The van der Waals surface area contributed by atoms with Crippen molar-refractivity contribution in [2.24, 2.45) is 0 Å². The van der Waals surface area contributed by atoms with Crippen molar-refractivity contribution in [2.45, 2.75) is 18.8 Å². The molecule has 0 amide bonds. The number of nitrogens with two attached hydrogens (primary N) is 1. The first-order valence-electron chi connectivity index (χ1n) is 4.76. The maximum Gasteiger partial charge on any atom is 0.0543 e. The van der Waals surface area contributed by atoms with Crippen LogP contribution in [0.1, 0.15) is 24.5 Å². The van der Waals surface area contributed by atoms with Crippen LogP contribution in [0.15, 0.2) is 12.3 Å². The zero-order valence-electron chi connectivity index (χ0n) is 7.87. The van der Waals surface area contributed by atoms with Crippen LogP contribution in [0.3, 0.4) is 0 Å². The third kappa shape index (κ3) is 2.17. The van der Waals surface area contributed by atoms with Crippen LogP contribution in [0, 0.1) is 3.57 Å². The molecule has 0 atom stereocenters. The van der Waals surface area contributed by atoms with Gasteiger partial charge in [-0.2, -0.15) is 0 Å². The molecule has 0 radical (unpaired) electrons. The normalized spacial score (nSPS) is 18.4. The molecule has 0 aliphatic carbocycles. The summed E-state index contributed by atoms with van der Waals surface area (Å²) in [5.74, 6) is 0.531. The monoisotopic (exact) mass is 304 g/mol. The molecule has 2 rings (SSSR count). The smallest absolute Gasteiger partial charge is 0.0543 e. The predicted octanol–water partition coefficient (Wildman–Crippen LogP) is 2.16. The van der Waals surface area contributed by atoms with Crippen LogP contribution in [0.25, 0.3) is 0 Å². The van der Waals surface area contributed by atoms with Crippen molar-refractivity contribution in [3.05, 3.63) is 21.5 Å². The first-order valence-corrected chi connectivity index (χ1v) is 5.84. The lowest BCUT2D eigenvalue weighted by Crippen LogP contribution is -2.15. The number of aromatic nitrogens is 1. The van der Waals surface area contributed by atoms with Crippen molar-refractivity contribution in [1.82, 2.24) is 4.98 Å². The Hall–Kier alpha value is -0.360. The third-order valence-corrected chi connectivity index (χ3v) is 3.45. The van der Waals surface area contributed by atoms with Crippen LogP contribution in [-0.2, 0) is 4.74 Å². The van der Waals surface area contributed by atoms with E-state index in [-0.39, 0.29) is 0 Å². The number of ether oxygens (including phenoxy) is 1. The molecule has 0 unspecified atom stereocenters. The molecule has 1 aliphatic heterocycles. The van der Waals surface area contributed by atoms with Crippen LogP contribution in [0.4, 0.5) is 5.69 Å². The lowest BCUT2D eigenvalue weighted by molar-refractivity contribution is 0.0845. The number of rotatable bonds is 1. The van der Waals surface area contributed by atoms with E-state index in [0.717, 1.165) is 41.0 Å². The highest BCUT2D eigenvalue weighted by Gasteiger charge is 2.17. The second-order valence-corrected chi connectivity index (χ2v) is 4.68. The van der Waals surface area contributed by atoms with Crippen LogP contribution < -0.4 is 5.73 Å². The van der Waals surface area contributed by atoms with Crippen molar-refractivity contribution in [3.8, 4) is 0 Å². The summed E-state index contributed by atoms with van der Waals surface area (Å²) in [4.78, 5) is 4.42. The molecule has 14 heavy (non-hydrogen) atoms. The molecule has 0 saturated carbocycles. The Morgan fingerprint density at radius 2 is 2.14 bits per heavy atom. The number of nitrogen functional groups attached to an aromatic ring is 1. The van der Waals surface area contributed by atoms with Gasteiger partial charge in [-0.15, -0.1) is 0 Å². The molecule has 3 nitrogen and oxygen atoms in total. The van der Waals surface area contributed by atoms with Crippen LogP contribution in [0.5, 0.6) is 0 Å².